The minimum Gasteiger partial charge on any atom is -0.360 e. The molecule has 1 fully saturated rings. The number of rotatable bonds is 5. The molecule has 0 aliphatic heterocycles. The zero-order chi connectivity index (χ0) is 14.0. The molecule has 0 atom stereocenters. The molecule has 0 bridgehead atoms. The van der Waals surface area contributed by atoms with Gasteiger partial charge in [-0.15, -0.1) is 0 Å². The minimum atomic E-state index is -4.15. The molecule has 106 valence electrons. The Hall–Kier alpha value is -1.23. The lowest BCUT2D eigenvalue weighted by atomic mass is 10.1. The summed E-state index contributed by atoms with van der Waals surface area (Å²) in [6.45, 7) is 1.81. The van der Waals surface area contributed by atoms with Crippen LogP contribution >= 0.6 is 0 Å². The second-order valence-electron chi connectivity index (χ2n) is 5.12. The molecule has 0 amide bonds. The first kappa shape index (κ1) is 14.2. The van der Waals surface area contributed by atoms with Crippen molar-refractivity contribution in [2.24, 2.45) is 0 Å². The van der Waals surface area contributed by atoms with E-state index in [1.54, 1.807) is 6.07 Å². The molecule has 1 aliphatic rings. The maximum absolute atomic E-state index is 12.6. The first-order valence-electron chi connectivity index (χ1n) is 6.48. The first-order valence-corrected chi connectivity index (χ1v) is 6.48. The standard InChI is InChI=1S/C14H19F3N2/c1-10-7-13(4-3-11(10)8-18-2)19(12-5-6-12)9-14(15,16)17/h3-4,7,12,18H,5-6,8-9H2,1-2H3. The third-order valence-corrected chi connectivity index (χ3v) is 3.36. The van der Waals surface area contributed by atoms with E-state index < -0.39 is 12.7 Å². The highest BCUT2D eigenvalue weighted by Crippen LogP contribution is 2.35. The Labute approximate surface area is 111 Å². The topological polar surface area (TPSA) is 15.3 Å². The number of anilines is 1. The van der Waals surface area contributed by atoms with E-state index in [0.29, 0.717) is 5.69 Å². The average molecular weight is 272 g/mol. The SMILES string of the molecule is CNCc1ccc(N(CC(F)(F)F)C2CC2)cc1C. The van der Waals surface area contributed by atoms with Gasteiger partial charge in [-0.3, -0.25) is 0 Å². The van der Waals surface area contributed by atoms with Crippen LogP contribution in [0.3, 0.4) is 0 Å². The van der Waals surface area contributed by atoms with Crippen molar-refractivity contribution in [1.29, 1.82) is 0 Å². The molecule has 1 aliphatic carbocycles. The fourth-order valence-corrected chi connectivity index (χ4v) is 2.26. The predicted octanol–water partition coefficient (Wildman–Crippen LogP) is 3.25. The molecule has 0 spiro atoms. The molecule has 1 aromatic carbocycles. The second kappa shape index (κ2) is 5.41. The number of halogens is 3. The Balaban J connectivity index is 2.20. The van der Waals surface area contributed by atoms with E-state index in [1.165, 1.54) is 4.90 Å². The van der Waals surface area contributed by atoms with Crippen LogP contribution in [0.1, 0.15) is 24.0 Å². The molecule has 1 N–H and O–H groups in total. The van der Waals surface area contributed by atoms with Gasteiger partial charge in [-0.2, -0.15) is 13.2 Å². The molecule has 1 aromatic rings. The van der Waals surface area contributed by atoms with Crippen LogP contribution in [0.2, 0.25) is 0 Å². The van der Waals surface area contributed by atoms with E-state index in [9.17, 15) is 13.2 Å². The van der Waals surface area contributed by atoms with E-state index in [4.69, 9.17) is 0 Å². The zero-order valence-corrected chi connectivity index (χ0v) is 11.2. The minimum absolute atomic E-state index is 0.0520. The highest BCUT2D eigenvalue weighted by Gasteiger charge is 2.38. The number of hydrogen-bond donors (Lipinski definition) is 1. The zero-order valence-electron chi connectivity index (χ0n) is 11.2. The molecule has 5 heteroatoms. The van der Waals surface area contributed by atoms with Gasteiger partial charge >= 0.3 is 6.18 Å². The highest BCUT2D eigenvalue weighted by atomic mass is 19.4. The Morgan fingerprint density at radius 2 is 2.00 bits per heavy atom. The van der Waals surface area contributed by atoms with Gasteiger partial charge in [0.2, 0.25) is 0 Å². The number of aryl methyl sites for hydroxylation is 1. The Bertz CT molecular complexity index is 439. The number of benzene rings is 1. The van der Waals surface area contributed by atoms with Gasteiger partial charge in [0.1, 0.15) is 6.54 Å². The maximum Gasteiger partial charge on any atom is 0.405 e. The van der Waals surface area contributed by atoms with E-state index in [1.807, 2.05) is 26.1 Å². The Morgan fingerprint density at radius 3 is 2.47 bits per heavy atom. The molecule has 0 heterocycles. The lowest BCUT2D eigenvalue weighted by Crippen LogP contribution is -2.36. The van der Waals surface area contributed by atoms with E-state index in [-0.39, 0.29) is 6.04 Å². The average Bonchev–Trinajstić information content (AvgIpc) is 3.12. The van der Waals surface area contributed by atoms with Crippen LogP contribution in [0.15, 0.2) is 18.2 Å². The summed E-state index contributed by atoms with van der Waals surface area (Å²) in [6.07, 6.45) is -2.44. The molecule has 0 aromatic heterocycles. The smallest absolute Gasteiger partial charge is 0.360 e. The molecule has 19 heavy (non-hydrogen) atoms. The normalized spacial score (nSPS) is 15.6. The number of hydrogen-bond acceptors (Lipinski definition) is 2. The molecular weight excluding hydrogens is 253 g/mol. The van der Waals surface area contributed by atoms with Crippen molar-refractivity contribution >= 4 is 5.69 Å². The van der Waals surface area contributed by atoms with Crippen molar-refractivity contribution in [1.82, 2.24) is 5.32 Å². The lowest BCUT2D eigenvalue weighted by molar-refractivity contribution is -0.120. The van der Waals surface area contributed by atoms with Gasteiger partial charge in [0.15, 0.2) is 0 Å². The van der Waals surface area contributed by atoms with Gasteiger partial charge in [-0.1, -0.05) is 6.07 Å². The van der Waals surface area contributed by atoms with Crippen LogP contribution < -0.4 is 10.2 Å². The quantitative estimate of drug-likeness (QED) is 0.885. The fraction of sp³-hybridized carbons (Fsp3) is 0.571. The summed E-state index contributed by atoms with van der Waals surface area (Å²) in [5, 5.41) is 3.05. The Kier molecular flexibility index (Phi) is 4.04. The van der Waals surface area contributed by atoms with Crippen LogP contribution in [0.25, 0.3) is 0 Å². The van der Waals surface area contributed by atoms with Crippen molar-refractivity contribution < 1.29 is 13.2 Å². The molecule has 0 unspecified atom stereocenters. The third-order valence-electron chi connectivity index (χ3n) is 3.36. The summed E-state index contributed by atoms with van der Waals surface area (Å²) in [5.74, 6) is 0. The van der Waals surface area contributed by atoms with Crippen molar-refractivity contribution in [3.8, 4) is 0 Å². The lowest BCUT2D eigenvalue weighted by Gasteiger charge is -2.26. The predicted molar refractivity (Wildman–Crippen MR) is 70.4 cm³/mol. The molecule has 1 saturated carbocycles. The van der Waals surface area contributed by atoms with E-state index in [0.717, 1.165) is 30.5 Å². The summed E-state index contributed by atoms with van der Waals surface area (Å²) >= 11 is 0. The molecular formula is C14H19F3N2. The van der Waals surface area contributed by atoms with Gasteiger partial charge in [0.25, 0.3) is 0 Å². The van der Waals surface area contributed by atoms with Crippen LogP contribution in [0, 0.1) is 6.92 Å². The number of nitrogens with one attached hydrogen (secondary N) is 1. The molecule has 0 radical (unpaired) electrons. The van der Waals surface area contributed by atoms with Gasteiger partial charge in [-0.25, -0.2) is 0 Å². The van der Waals surface area contributed by atoms with Crippen molar-refractivity contribution in [3.63, 3.8) is 0 Å². The maximum atomic E-state index is 12.6. The highest BCUT2D eigenvalue weighted by molar-refractivity contribution is 5.52. The van der Waals surface area contributed by atoms with Crippen molar-refractivity contribution in [2.75, 3.05) is 18.5 Å². The van der Waals surface area contributed by atoms with E-state index in [2.05, 4.69) is 5.32 Å². The van der Waals surface area contributed by atoms with E-state index >= 15 is 0 Å². The van der Waals surface area contributed by atoms with Crippen molar-refractivity contribution in [2.45, 2.75) is 38.5 Å². The van der Waals surface area contributed by atoms with Crippen LogP contribution in [-0.2, 0) is 6.54 Å². The van der Waals surface area contributed by atoms with Gasteiger partial charge in [0.05, 0.1) is 0 Å². The fourth-order valence-electron chi connectivity index (χ4n) is 2.26. The molecule has 2 rings (SSSR count). The monoisotopic (exact) mass is 272 g/mol. The number of nitrogens with zero attached hydrogens (tertiary/aromatic N) is 1. The Morgan fingerprint density at radius 1 is 1.32 bits per heavy atom. The van der Waals surface area contributed by atoms with Crippen LogP contribution in [0.5, 0.6) is 0 Å². The summed E-state index contributed by atoms with van der Waals surface area (Å²) in [7, 11) is 1.85. The molecule has 2 nitrogen and oxygen atoms in total. The summed E-state index contributed by atoms with van der Waals surface area (Å²) in [6, 6.07) is 5.61. The summed E-state index contributed by atoms with van der Waals surface area (Å²) in [5.41, 5.74) is 2.82. The number of alkyl halides is 3. The van der Waals surface area contributed by atoms with Gasteiger partial charge in [0, 0.05) is 18.3 Å². The largest absolute Gasteiger partial charge is 0.405 e. The summed E-state index contributed by atoms with van der Waals surface area (Å²) < 4.78 is 37.9. The third kappa shape index (κ3) is 3.86. The van der Waals surface area contributed by atoms with Crippen LogP contribution in [0.4, 0.5) is 18.9 Å². The van der Waals surface area contributed by atoms with Crippen LogP contribution in [-0.4, -0.2) is 25.8 Å². The first-order chi connectivity index (χ1) is 8.90. The second-order valence-corrected chi connectivity index (χ2v) is 5.12. The van der Waals surface area contributed by atoms with Crippen molar-refractivity contribution in [3.05, 3.63) is 29.3 Å². The molecule has 0 saturated heterocycles. The van der Waals surface area contributed by atoms with Gasteiger partial charge in [-0.05, 0) is 50.1 Å². The van der Waals surface area contributed by atoms with Gasteiger partial charge < -0.3 is 10.2 Å². The summed E-state index contributed by atoms with van der Waals surface area (Å²) in [4.78, 5) is 1.48.